The van der Waals surface area contributed by atoms with E-state index >= 15 is 0 Å². The Balaban J connectivity index is 2.30. The molecule has 17 heavy (non-hydrogen) atoms. The summed E-state index contributed by atoms with van der Waals surface area (Å²) in [5.74, 6) is 0.836. The summed E-state index contributed by atoms with van der Waals surface area (Å²) in [4.78, 5) is 15.5. The molecule has 0 fully saturated rings. The maximum atomic E-state index is 11.1. The minimum absolute atomic E-state index is 0.00138. The number of aromatic nitrogens is 2. The van der Waals surface area contributed by atoms with Gasteiger partial charge in [-0.1, -0.05) is 24.3 Å². The molecular weight excluding hydrogens is 212 g/mol. The third kappa shape index (κ3) is 1.72. The van der Waals surface area contributed by atoms with Gasteiger partial charge in [0.1, 0.15) is 5.82 Å². The van der Waals surface area contributed by atoms with Crippen LogP contribution in [0.4, 0.5) is 0 Å². The zero-order chi connectivity index (χ0) is 11.7. The summed E-state index contributed by atoms with van der Waals surface area (Å²) in [6, 6.07) is 13.1. The standard InChI is InChI=1S/C14H10N2O/c17-12-6-9-16(10-7-12)14-13-4-2-1-3-11(13)5-8-15-14/h1-10H. The van der Waals surface area contributed by atoms with E-state index in [9.17, 15) is 4.79 Å². The Morgan fingerprint density at radius 2 is 1.71 bits per heavy atom. The molecule has 2 heterocycles. The highest BCUT2D eigenvalue weighted by Crippen LogP contribution is 2.18. The van der Waals surface area contributed by atoms with Crippen LogP contribution in [0.3, 0.4) is 0 Å². The molecular formula is C14H10N2O. The fraction of sp³-hybridized carbons (Fsp3) is 0. The van der Waals surface area contributed by atoms with Crippen molar-refractivity contribution in [3.63, 3.8) is 0 Å². The Labute approximate surface area is 98.0 Å². The van der Waals surface area contributed by atoms with Gasteiger partial charge in [-0.15, -0.1) is 0 Å². The van der Waals surface area contributed by atoms with Crippen LogP contribution >= 0.6 is 0 Å². The van der Waals surface area contributed by atoms with Gasteiger partial charge in [-0.05, 0) is 11.5 Å². The van der Waals surface area contributed by atoms with Crippen molar-refractivity contribution in [3.05, 3.63) is 71.3 Å². The molecule has 0 bridgehead atoms. The van der Waals surface area contributed by atoms with Crippen LogP contribution in [0.25, 0.3) is 16.6 Å². The number of hydrogen-bond donors (Lipinski definition) is 0. The highest BCUT2D eigenvalue weighted by Gasteiger charge is 2.02. The molecule has 0 radical (unpaired) electrons. The zero-order valence-corrected chi connectivity index (χ0v) is 9.08. The number of nitrogens with zero attached hydrogens (tertiary/aromatic N) is 2. The predicted octanol–water partition coefficient (Wildman–Crippen LogP) is 2.39. The van der Waals surface area contributed by atoms with Crippen LogP contribution < -0.4 is 5.43 Å². The van der Waals surface area contributed by atoms with E-state index in [1.165, 1.54) is 12.1 Å². The lowest BCUT2D eigenvalue weighted by atomic mass is 10.1. The van der Waals surface area contributed by atoms with Gasteiger partial charge in [0.25, 0.3) is 0 Å². The third-order valence-corrected chi connectivity index (χ3v) is 2.70. The van der Waals surface area contributed by atoms with E-state index in [4.69, 9.17) is 0 Å². The Morgan fingerprint density at radius 3 is 2.53 bits per heavy atom. The van der Waals surface area contributed by atoms with Crippen LogP contribution in [-0.4, -0.2) is 9.55 Å². The van der Waals surface area contributed by atoms with Crippen molar-refractivity contribution < 1.29 is 0 Å². The second kappa shape index (κ2) is 3.87. The van der Waals surface area contributed by atoms with Gasteiger partial charge in [0.2, 0.25) is 0 Å². The van der Waals surface area contributed by atoms with Gasteiger partial charge in [-0.2, -0.15) is 0 Å². The maximum absolute atomic E-state index is 11.1. The monoisotopic (exact) mass is 222 g/mol. The topological polar surface area (TPSA) is 34.9 Å². The summed E-state index contributed by atoms with van der Waals surface area (Å²) in [5.41, 5.74) is 0.00138. The smallest absolute Gasteiger partial charge is 0.181 e. The summed E-state index contributed by atoms with van der Waals surface area (Å²) in [6.45, 7) is 0. The maximum Gasteiger partial charge on any atom is 0.181 e. The van der Waals surface area contributed by atoms with E-state index in [-0.39, 0.29) is 5.43 Å². The molecule has 0 saturated carbocycles. The Kier molecular flexibility index (Phi) is 2.22. The molecule has 0 unspecified atom stereocenters. The van der Waals surface area contributed by atoms with Gasteiger partial charge in [0.15, 0.2) is 5.43 Å². The number of rotatable bonds is 1. The first-order chi connectivity index (χ1) is 8.34. The number of pyridine rings is 2. The normalized spacial score (nSPS) is 10.6. The van der Waals surface area contributed by atoms with Crippen molar-refractivity contribution in [1.29, 1.82) is 0 Å². The molecule has 82 valence electrons. The molecule has 3 nitrogen and oxygen atoms in total. The second-order valence-electron chi connectivity index (χ2n) is 3.80. The van der Waals surface area contributed by atoms with Crippen molar-refractivity contribution in [1.82, 2.24) is 9.55 Å². The third-order valence-electron chi connectivity index (χ3n) is 2.70. The molecule has 0 saturated heterocycles. The lowest BCUT2D eigenvalue weighted by Crippen LogP contribution is -2.03. The van der Waals surface area contributed by atoms with E-state index in [0.29, 0.717) is 0 Å². The summed E-state index contributed by atoms with van der Waals surface area (Å²) in [6.07, 6.45) is 5.24. The van der Waals surface area contributed by atoms with E-state index in [0.717, 1.165) is 16.6 Å². The summed E-state index contributed by atoms with van der Waals surface area (Å²) < 4.78 is 1.85. The molecule has 0 N–H and O–H groups in total. The SMILES string of the molecule is O=c1ccn(-c2nccc3ccccc23)cc1. The number of benzene rings is 1. The van der Waals surface area contributed by atoms with Crippen LogP contribution in [0, 0.1) is 0 Å². The average Bonchev–Trinajstić information content (AvgIpc) is 2.39. The van der Waals surface area contributed by atoms with E-state index in [2.05, 4.69) is 4.98 Å². The average molecular weight is 222 g/mol. The molecule has 3 aromatic rings. The Morgan fingerprint density at radius 1 is 0.941 bits per heavy atom. The lowest BCUT2D eigenvalue weighted by Gasteiger charge is -2.07. The Hall–Kier alpha value is -2.42. The van der Waals surface area contributed by atoms with Crippen molar-refractivity contribution >= 4 is 10.8 Å². The highest BCUT2D eigenvalue weighted by atomic mass is 16.1. The first-order valence-corrected chi connectivity index (χ1v) is 5.37. The quantitative estimate of drug-likeness (QED) is 0.633. The largest absolute Gasteiger partial charge is 0.308 e. The van der Waals surface area contributed by atoms with Gasteiger partial charge < -0.3 is 4.57 Å². The number of hydrogen-bond acceptors (Lipinski definition) is 2. The molecule has 0 aliphatic heterocycles. The first-order valence-electron chi connectivity index (χ1n) is 5.37. The fourth-order valence-electron chi connectivity index (χ4n) is 1.86. The molecule has 0 aliphatic carbocycles. The van der Waals surface area contributed by atoms with Crippen LogP contribution in [-0.2, 0) is 0 Å². The number of fused-ring (bicyclic) bond motifs is 1. The summed E-state index contributed by atoms with van der Waals surface area (Å²) in [7, 11) is 0. The van der Waals surface area contributed by atoms with Crippen molar-refractivity contribution in [3.8, 4) is 5.82 Å². The summed E-state index contributed by atoms with van der Waals surface area (Å²) >= 11 is 0. The van der Waals surface area contributed by atoms with Gasteiger partial charge in [-0.3, -0.25) is 4.79 Å². The highest BCUT2D eigenvalue weighted by molar-refractivity contribution is 5.88. The van der Waals surface area contributed by atoms with Gasteiger partial charge in [0.05, 0.1) is 0 Å². The molecule has 0 spiro atoms. The molecule has 2 aromatic heterocycles. The van der Waals surface area contributed by atoms with Crippen molar-refractivity contribution in [2.75, 3.05) is 0 Å². The molecule has 0 amide bonds. The minimum atomic E-state index is 0.00138. The summed E-state index contributed by atoms with van der Waals surface area (Å²) in [5, 5.41) is 2.20. The van der Waals surface area contributed by atoms with E-state index in [1.807, 2.05) is 34.9 Å². The molecule has 3 rings (SSSR count). The minimum Gasteiger partial charge on any atom is -0.308 e. The predicted molar refractivity (Wildman–Crippen MR) is 67.3 cm³/mol. The molecule has 3 heteroatoms. The molecule has 0 aliphatic rings. The van der Waals surface area contributed by atoms with E-state index < -0.39 is 0 Å². The van der Waals surface area contributed by atoms with Gasteiger partial charge in [-0.25, -0.2) is 4.98 Å². The fourth-order valence-corrected chi connectivity index (χ4v) is 1.86. The van der Waals surface area contributed by atoms with Crippen LogP contribution in [0.5, 0.6) is 0 Å². The zero-order valence-electron chi connectivity index (χ0n) is 9.08. The van der Waals surface area contributed by atoms with Crippen LogP contribution in [0.2, 0.25) is 0 Å². The van der Waals surface area contributed by atoms with Crippen molar-refractivity contribution in [2.45, 2.75) is 0 Å². The van der Waals surface area contributed by atoms with Crippen molar-refractivity contribution in [2.24, 2.45) is 0 Å². The van der Waals surface area contributed by atoms with E-state index in [1.54, 1.807) is 18.6 Å². The van der Waals surface area contributed by atoms with Crippen LogP contribution in [0.15, 0.2) is 65.8 Å². The lowest BCUT2D eigenvalue weighted by molar-refractivity contribution is 0.994. The van der Waals surface area contributed by atoms with Gasteiger partial charge >= 0.3 is 0 Å². The molecule has 1 aromatic carbocycles. The molecule has 0 atom stereocenters. The first kappa shape index (κ1) is 9.78. The van der Waals surface area contributed by atoms with Gasteiger partial charge in [0, 0.05) is 36.1 Å². The Bertz CT molecular complexity index is 706. The van der Waals surface area contributed by atoms with Crippen LogP contribution in [0.1, 0.15) is 0 Å². The second-order valence-corrected chi connectivity index (χ2v) is 3.80.